The fourth-order valence-corrected chi connectivity index (χ4v) is 4.71. The van der Waals surface area contributed by atoms with Gasteiger partial charge in [-0.3, -0.25) is 9.89 Å². The normalized spacial score (nSPS) is 21.6. The summed E-state index contributed by atoms with van der Waals surface area (Å²) in [5.74, 6) is 3.94. The fourth-order valence-electron chi connectivity index (χ4n) is 3.41. The number of halogens is 1. The van der Waals surface area contributed by atoms with Crippen LogP contribution in [-0.4, -0.2) is 85.8 Å². The smallest absolute Gasteiger partial charge is 0.194 e. The van der Waals surface area contributed by atoms with Gasteiger partial charge in [0.15, 0.2) is 5.96 Å². The van der Waals surface area contributed by atoms with Crippen LogP contribution >= 0.6 is 35.7 Å². The van der Waals surface area contributed by atoms with E-state index < -0.39 is 0 Å². The predicted molar refractivity (Wildman–Crippen MR) is 128 cm³/mol. The summed E-state index contributed by atoms with van der Waals surface area (Å²) in [5.41, 5.74) is 0. The minimum absolute atomic E-state index is 0. The number of hydrogen-bond donors (Lipinski definition) is 1. The number of aliphatic imine (C=N–C) groups is 1. The first-order valence-corrected chi connectivity index (χ1v) is 11.2. The summed E-state index contributed by atoms with van der Waals surface area (Å²) in [6, 6.07) is 3.98. The van der Waals surface area contributed by atoms with Crippen molar-refractivity contribution in [3.8, 4) is 0 Å². The van der Waals surface area contributed by atoms with Crippen LogP contribution in [0.1, 0.15) is 19.6 Å². The quantitative estimate of drug-likeness (QED) is 0.338. The molecule has 28 heavy (non-hydrogen) atoms. The van der Waals surface area contributed by atoms with Gasteiger partial charge in [0.05, 0.1) is 26.0 Å². The number of guanidine groups is 1. The zero-order valence-electron chi connectivity index (χ0n) is 17.1. The van der Waals surface area contributed by atoms with Crippen molar-refractivity contribution in [2.45, 2.75) is 25.5 Å². The first-order chi connectivity index (χ1) is 13.2. The minimum Gasteiger partial charge on any atom is -0.469 e. The highest BCUT2D eigenvalue weighted by atomic mass is 127. The number of ether oxygens (including phenoxy) is 1. The van der Waals surface area contributed by atoms with Crippen molar-refractivity contribution in [3.63, 3.8) is 0 Å². The number of nitrogens with zero attached hydrogens (tertiary/aromatic N) is 3. The van der Waals surface area contributed by atoms with Gasteiger partial charge in [-0.1, -0.05) is 13.8 Å². The second kappa shape index (κ2) is 13.0. The topological polar surface area (TPSA) is 53.2 Å². The standard InChI is InChI=1S/C20H34N4O2S.HI/c1-17(2)19-16-24(11-15-27-19)20(21-6-5-18-4-3-12-26-18)22-7-8-23-9-13-25-14-10-23;/h3-4,12,17,19H,5-11,13-16H2,1-2H3,(H,21,22);1H. The third-order valence-electron chi connectivity index (χ3n) is 5.15. The summed E-state index contributed by atoms with van der Waals surface area (Å²) in [5, 5.41) is 4.26. The molecule has 2 aliphatic heterocycles. The van der Waals surface area contributed by atoms with Crippen molar-refractivity contribution in [1.82, 2.24) is 15.1 Å². The molecule has 0 radical (unpaired) electrons. The Bertz CT molecular complexity index is 565. The summed E-state index contributed by atoms with van der Waals surface area (Å²) >= 11 is 2.10. The molecule has 0 aromatic carbocycles. The second-order valence-corrected chi connectivity index (χ2v) is 8.86. The van der Waals surface area contributed by atoms with E-state index in [4.69, 9.17) is 14.1 Å². The van der Waals surface area contributed by atoms with E-state index in [1.165, 1.54) is 5.75 Å². The third-order valence-corrected chi connectivity index (χ3v) is 6.69. The van der Waals surface area contributed by atoms with Crippen LogP contribution < -0.4 is 5.32 Å². The van der Waals surface area contributed by atoms with E-state index in [-0.39, 0.29) is 24.0 Å². The molecule has 160 valence electrons. The van der Waals surface area contributed by atoms with Crippen LogP contribution in [0.25, 0.3) is 0 Å². The Morgan fingerprint density at radius 1 is 1.32 bits per heavy atom. The van der Waals surface area contributed by atoms with Gasteiger partial charge in [-0.2, -0.15) is 11.8 Å². The highest BCUT2D eigenvalue weighted by Crippen LogP contribution is 2.24. The summed E-state index contributed by atoms with van der Waals surface area (Å²) in [4.78, 5) is 9.85. The van der Waals surface area contributed by atoms with Gasteiger partial charge in [0.2, 0.25) is 0 Å². The van der Waals surface area contributed by atoms with Crippen molar-refractivity contribution in [3.05, 3.63) is 24.2 Å². The summed E-state index contributed by atoms with van der Waals surface area (Å²) in [6.45, 7) is 13.2. The average Bonchev–Trinajstić information content (AvgIpc) is 3.21. The molecule has 1 atom stereocenters. The lowest BCUT2D eigenvalue weighted by Gasteiger charge is -2.36. The van der Waals surface area contributed by atoms with Gasteiger partial charge in [-0.05, 0) is 18.1 Å². The Labute approximate surface area is 190 Å². The molecule has 0 amide bonds. The van der Waals surface area contributed by atoms with Gasteiger partial charge in [-0.15, -0.1) is 24.0 Å². The van der Waals surface area contributed by atoms with Gasteiger partial charge in [0.1, 0.15) is 5.76 Å². The Morgan fingerprint density at radius 3 is 2.86 bits per heavy atom. The van der Waals surface area contributed by atoms with Crippen molar-refractivity contribution < 1.29 is 9.15 Å². The molecule has 6 nitrogen and oxygen atoms in total. The Hall–Kier alpha value is -0.450. The zero-order valence-corrected chi connectivity index (χ0v) is 20.3. The molecule has 1 N–H and O–H groups in total. The molecular weight excluding hydrogens is 487 g/mol. The number of nitrogens with one attached hydrogen (secondary N) is 1. The molecule has 3 heterocycles. The van der Waals surface area contributed by atoms with Crippen LogP contribution in [0.3, 0.4) is 0 Å². The van der Waals surface area contributed by atoms with Crippen LogP contribution in [0.2, 0.25) is 0 Å². The molecule has 1 unspecified atom stereocenters. The molecule has 0 aliphatic carbocycles. The van der Waals surface area contributed by atoms with Gasteiger partial charge < -0.3 is 19.4 Å². The highest BCUT2D eigenvalue weighted by molar-refractivity contribution is 14.0. The lowest BCUT2D eigenvalue weighted by atomic mass is 10.1. The van der Waals surface area contributed by atoms with Crippen molar-refractivity contribution >= 4 is 41.7 Å². The molecule has 2 fully saturated rings. The van der Waals surface area contributed by atoms with Gasteiger partial charge >= 0.3 is 0 Å². The molecule has 1 aromatic rings. The summed E-state index contributed by atoms with van der Waals surface area (Å²) in [6.07, 6.45) is 2.62. The van der Waals surface area contributed by atoms with Crippen LogP contribution in [-0.2, 0) is 11.2 Å². The first kappa shape index (κ1) is 23.8. The van der Waals surface area contributed by atoms with Gasteiger partial charge in [0.25, 0.3) is 0 Å². The second-order valence-electron chi connectivity index (χ2n) is 7.51. The number of hydrogen-bond acceptors (Lipinski definition) is 5. The van der Waals surface area contributed by atoms with E-state index in [1.807, 2.05) is 12.1 Å². The van der Waals surface area contributed by atoms with E-state index in [2.05, 4.69) is 40.7 Å². The van der Waals surface area contributed by atoms with E-state index >= 15 is 0 Å². The summed E-state index contributed by atoms with van der Waals surface area (Å²) < 4.78 is 10.9. The largest absolute Gasteiger partial charge is 0.469 e. The molecule has 0 saturated carbocycles. The number of morpholine rings is 1. The molecule has 0 bridgehead atoms. The molecule has 8 heteroatoms. The van der Waals surface area contributed by atoms with Crippen LogP contribution in [0.4, 0.5) is 0 Å². The lowest BCUT2D eigenvalue weighted by Crippen LogP contribution is -2.49. The highest BCUT2D eigenvalue weighted by Gasteiger charge is 2.25. The van der Waals surface area contributed by atoms with Crippen molar-refractivity contribution in [1.29, 1.82) is 0 Å². The molecule has 2 aliphatic rings. The maximum absolute atomic E-state index is 5.45. The maximum atomic E-state index is 5.45. The summed E-state index contributed by atoms with van der Waals surface area (Å²) in [7, 11) is 0. The SMILES string of the molecule is CC(C)C1CN(C(=NCCN2CCOCC2)NCCc2ccco2)CCS1.I. The number of furan rings is 1. The predicted octanol–water partition coefficient (Wildman–Crippen LogP) is 2.79. The average molecular weight is 522 g/mol. The molecular formula is C20H35IN4O2S. The molecule has 2 saturated heterocycles. The number of thioether (sulfide) groups is 1. The third kappa shape index (κ3) is 7.76. The fraction of sp³-hybridized carbons (Fsp3) is 0.750. The van der Waals surface area contributed by atoms with Crippen LogP contribution in [0.15, 0.2) is 27.8 Å². The monoisotopic (exact) mass is 522 g/mol. The zero-order chi connectivity index (χ0) is 18.9. The maximum Gasteiger partial charge on any atom is 0.194 e. The van der Waals surface area contributed by atoms with Gasteiger partial charge in [-0.25, -0.2) is 0 Å². The van der Waals surface area contributed by atoms with E-state index in [9.17, 15) is 0 Å². The first-order valence-electron chi connectivity index (χ1n) is 10.2. The van der Waals surface area contributed by atoms with Crippen LogP contribution in [0, 0.1) is 5.92 Å². The Balaban J connectivity index is 0.00000280. The Kier molecular flexibility index (Phi) is 11.0. The van der Waals surface area contributed by atoms with E-state index in [0.29, 0.717) is 11.2 Å². The van der Waals surface area contributed by atoms with Crippen LogP contribution in [0.5, 0.6) is 0 Å². The van der Waals surface area contributed by atoms with E-state index in [0.717, 1.165) is 77.2 Å². The number of rotatable bonds is 7. The van der Waals surface area contributed by atoms with Crippen molar-refractivity contribution in [2.75, 3.05) is 64.8 Å². The molecule has 0 spiro atoms. The van der Waals surface area contributed by atoms with Crippen molar-refractivity contribution in [2.24, 2.45) is 10.9 Å². The Morgan fingerprint density at radius 2 is 2.14 bits per heavy atom. The lowest BCUT2D eigenvalue weighted by molar-refractivity contribution is 0.0394. The molecule has 1 aromatic heterocycles. The minimum atomic E-state index is 0. The molecule has 3 rings (SSSR count). The van der Waals surface area contributed by atoms with Gasteiger partial charge in [0, 0.05) is 56.7 Å². The van der Waals surface area contributed by atoms with E-state index in [1.54, 1.807) is 6.26 Å².